The van der Waals surface area contributed by atoms with Gasteiger partial charge in [-0.3, -0.25) is 4.72 Å². The zero-order valence-electron chi connectivity index (χ0n) is 11.7. The Morgan fingerprint density at radius 3 is 2.46 bits per heavy atom. The molecule has 0 fully saturated rings. The Morgan fingerprint density at radius 1 is 1.04 bits per heavy atom. The molecular weight excluding hydrogens is 371 g/mol. The molecule has 0 spiro atoms. The molecule has 0 atom stereocenters. The van der Waals surface area contributed by atoms with E-state index < -0.39 is 27.5 Å². The number of alkyl halides is 3. The molecule has 0 amide bonds. The number of sulfonamides is 1. The molecule has 1 heterocycles. The zero-order chi connectivity index (χ0) is 17.5. The van der Waals surface area contributed by atoms with Crippen molar-refractivity contribution in [3.63, 3.8) is 0 Å². The largest absolute Gasteiger partial charge is 0.454 e. The lowest BCUT2D eigenvalue weighted by Crippen LogP contribution is -2.17. The van der Waals surface area contributed by atoms with Gasteiger partial charge in [0, 0.05) is 11.1 Å². The molecule has 0 saturated heterocycles. The Morgan fingerprint density at radius 2 is 1.75 bits per heavy atom. The number of hydrogen-bond donors (Lipinski definition) is 1. The molecule has 2 aromatic carbocycles. The zero-order valence-corrected chi connectivity index (χ0v) is 13.3. The molecule has 0 aliphatic carbocycles. The van der Waals surface area contributed by atoms with Gasteiger partial charge >= 0.3 is 6.18 Å². The molecule has 0 unspecified atom stereocenters. The van der Waals surface area contributed by atoms with Crippen LogP contribution in [-0.2, 0) is 16.2 Å². The van der Waals surface area contributed by atoms with Gasteiger partial charge in [0.05, 0.1) is 16.1 Å². The van der Waals surface area contributed by atoms with E-state index in [1.165, 1.54) is 18.2 Å². The summed E-state index contributed by atoms with van der Waals surface area (Å²) in [5.74, 6) is 0.557. The van der Waals surface area contributed by atoms with E-state index in [0.717, 1.165) is 12.1 Å². The first-order valence-electron chi connectivity index (χ1n) is 6.46. The lowest BCUT2D eigenvalue weighted by atomic mass is 10.2. The fourth-order valence-corrected chi connectivity index (χ4v) is 3.35. The monoisotopic (exact) mass is 379 g/mol. The highest BCUT2D eigenvalue weighted by Gasteiger charge is 2.35. The van der Waals surface area contributed by atoms with E-state index in [9.17, 15) is 21.6 Å². The highest BCUT2D eigenvalue weighted by Crippen LogP contribution is 2.38. The standard InChI is InChI=1S/C14H9ClF3NO4S/c15-8-1-3-11(10(5-8)14(16,17)18)19-24(20,21)9-2-4-12-13(6-9)23-7-22-12/h1-6,19H,7H2. The van der Waals surface area contributed by atoms with E-state index >= 15 is 0 Å². The first-order chi connectivity index (χ1) is 11.2. The first-order valence-corrected chi connectivity index (χ1v) is 8.32. The minimum atomic E-state index is -4.77. The van der Waals surface area contributed by atoms with Crippen LogP contribution in [0, 0.1) is 0 Å². The minimum Gasteiger partial charge on any atom is -0.454 e. The number of fused-ring (bicyclic) bond motifs is 1. The van der Waals surface area contributed by atoms with Crippen LogP contribution >= 0.6 is 11.6 Å². The topological polar surface area (TPSA) is 64.6 Å². The van der Waals surface area contributed by atoms with Gasteiger partial charge in [-0.15, -0.1) is 0 Å². The van der Waals surface area contributed by atoms with E-state index in [2.05, 4.69) is 0 Å². The molecule has 1 aliphatic rings. The molecule has 10 heteroatoms. The molecule has 0 aromatic heterocycles. The van der Waals surface area contributed by atoms with Crippen molar-refractivity contribution in [3.05, 3.63) is 47.0 Å². The average molecular weight is 380 g/mol. The van der Waals surface area contributed by atoms with E-state index in [0.29, 0.717) is 11.8 Å². The highest BCUT2D eigenvalue weighted by atomic mass is 35.5. The third kappa shape index (κ3) is 3.22. The second kappa shape index (κ2) is 5.75. The summed E-state index contributed by atoms with van der Waals surface area (Å²) in [4.78, 5) is -0.255. The van der Waals surface area contributed by atoms with Gasteiger partial charge < -0.3 is 9.47 Å². The van der Waals surface area contributed by atoms with Crippen molar-refractivity contribution in [1.29, 1.82) is 0 Å². The third-order valence-corrected chi connectivity index (χ3v) is 4.78. The third-order valence-electron chi connectivity index (χ3n) is 3.19. The van der Waals surface area contributed by atoms with E-state index in [4.69, 9.17) is 21.1 Å². The molecule has 2 aromatic rings. The van der Waals surface area contributed by atoms with Crippen molar-refractivity contribution < 1.29 is 31.1 Å². The van der Waals surface area contributed by atoms with Crippen LogP contribution in [0.2, 0.25) is 5.02 Å². The predicted molar refractivity (Wildman–Crippen MR) is 79.8 cm³/mol. The van der Waals surface area contributed by atoms with Gasteiger partial charge in [-0.05, 0) is 30.3 Å². The van der Waals surface area contributed by atoms with E-state index in [1.54, 1.807) is 0 Å². The van der Waals surface area contributed by atoms with Gasteiger partial charge in [0.1, 0.15) is 0 Å². The van der Waals surface area contributed by atoms with Crippen LogP contribution in [0.15, 0.2) is 41.3 Å². The summed E-state index contributed by atoms with van der Waals surface area (Å²) >= 11 is 5.57. The quantitative estimate of drug-likeness (QED) is 0.878. The van der Waals surface area contributed by atoms with Crippen LogP contribution in [0.4, 0.5) is 18.9 Å². The molecule has 1 aliphatic heterocycles. The fourth-order valence-electron chi connectivity index (χ4n) is 2.09. The normalized spacial score (nSPS) is 13.8. The second-order valence-electron chi connectivity index (χ2n) is 4.81. The number of benzene rings is 2. The minimum absolute atomic E-state index is 0.0539. The van der Waals surface area contributed by atoms with Crippen LogP contribution in [0.1, 0.15) is 5.56 Å². The van der Waals surface area contributed by atoms with Gasteiger partial charge in [-0.2, -0.15) is 13.2 Å². The SMILES string of the molecule is O=S(=O)(Nc1ccc(Cl)cc1C(F)(F)F)c1ccc2c(c1)OCO2. The van der Waals surface area contributed by atoms with Crippen LogP contribution in [0.5, 0.6) is 11.5 Å². The molecule has 0 radical (unpaired) electrons. The number of rotatable bonds is 3. The van der Waals surface area contributed by atoms with Crippen molar-refractivity contribution in [1.82, 2.24) is 0 Å². The Kier molecular flexibility index (Phi) is 4.00. The summed E-state index contributed by atoms with van der Waals surface area (Å²) in [7, 11) is -4.26. The van der Waals surface area contributed by atoms with Crippen LogP contribution in [-0.4, -0.2) is 15.2 Å². The van der Waals surface area contributed by atoms with Crippen molar-refractivity contribution >= 4 is 27.3 Å². The molecule has 0 bridgehead atoms. The number of ether oxygens (including phenoxy) is 2. The average Bonchev–Trinajstić information content (AvgIpc) is 2.95. The summed E-state index contributed by atoms with van der Waals surface area (Å²) in [5.41, 5.74) is -1.80. The van der Waals surface area contributed by atoms with E-state index in [1.807, 2.05) is 4.72 Å². The Hall–Kier alpha value is -2.13. The summed E-state index contributed by atoms with van der Waals surface area (Å²) in [6.45, 7) is -0.0539. The maximum atomic E-state index is 13.1. The van der Waals surface area contributed by atoms with Gasteiger partial charge in [0.25, 0.3) is 10.0 Å². The number of hydrogen-bond acceptors (Lipinski definition) is 4. The molecular formula is C14H9ClF3NO4S. The fraction of sp³-hybridized carbons (Fsp3) is 0.143. The molecule has 5 nitrogen and oxygen atoms in total. The maximum Gasteiger partial charge on any atom is 0.418 e. The van der Waals surface area contributed by atoms with Crippen molar-refractivity contribution in [2.24, 2.45) is 0 Å². The van der Waals surface area contributed by atoms with Gasteiger partial charge in [-0.25, -0.2) is 8.42 Å². The van der Waals surface area contributed by atoms with Crippen molar-refractivity contribution in [2.75, 3.05) is 11.5 Å². The molecule has 3 rings (SSSR count). The predicted octanol–water partition coefficient (Wildman–Crippen LogP) is 3.89. The van der Waals surface area contributed by atoms with Crippen LogP contribution in [0.25, 0.3) is 0 Å². The lowest BCUT2D eigenvalue weighted by Gasteiger charge is -2.15. The van der Waals surface area contributed by atoms with Gasteiger partial charge in [-0.1, -0.05) is 11.6 Å². The Bertz CT molecular complexity index is 899. The van der Waals surface area contributed by atoms with Crippen LogP contribution < -0.4 is 14.2 Å². The van der Waals surface area contributed by atoms with Crippen LogP contribution in [0.3, 0.4) is 0 Å². The molecule has 128 valence electrons. The highest BCUT2D eigenvalue weighted by molar-refractivity contribution is 7.92. The number of halogens is 4. The molecule has 24 heavy (non-hydrogen) atoms. The van der Waals surface area contributed by atoms with E-state index in [-0.39, 0.29) is 22.5 Å². The van der Waals surface area contributed by atoms with Crippen molar-refractivity contribution in [3.8, 4) is 11.5 Å². The second-order valence-corrected chi connectivity index (χ2v) is 6.93. The Balaban J connectivity index is 1.99. The summed E-state index contributed by atoms with van der Waals surface area (Å²) in [6, 6.07) is 6.51. The van der Waals surface area contributed by atoms with Gasteiger partial charge in [0.2, 0.25) is 6.79 Å². The lowest BCUT2D eigenvalue weighted by molar-refractivity contribution is -0.136. The summed E-state index contributed by atoms with van der Waals surface area (Å²) < 4.78 is 75.9. The molecule has 0 saturated carbocycles. The first kappa shape index (κ1) is 16.7. The molecule has 1 N–H and O–H groups in total. The van der Waals surface area contributed by atoms with Gasteiger partial charge in [0.15, 0.2) is 11.5 Å². The smallest absolute Gasteiger partial charge is 0.418 e. The number of anilines is 1. The van der Waals surface area contributed by atoms with Crippen molar-refractivity contribution in [2.45, 2.75) is 11.1 Å². The summed E-state index contributed by atoms with van der Waals surface area (Å²) in [5, 5.41) is -0.159. The Labute approximate surface area is 140 Å². The summed E-state index contributed by atoms with van der Waals surface area (Å²) in [6.07, 6.45) is -4.77. The number of nitrogens with one attached hydrogen (secondary N) is 1. The maximum absolute atomic E-state index is 13.1.